The molecule has 8 nitrogen and oxygen atoms in total. The number of fused-ring (bicyclic) bond motifs is 1. The van der Waals surface area contributed by atoms with Crippen molar-refractivity contribution in [2.45, 2.75) is 0 Å². The van der Waals surface area contributed by atoms with Crippen LogP contribution in [-0.4, -0.2) is 19.6 Å². The second-order valence-electron chi connectivity index (χ2n) is 4.54. The summed E-state index contributed by atoms with van der Waals surface area (Å²) in [6.07, 6.45) is 0. The molecule has 3 aromatic rings. The molecule has 0 saturated carbocycles. The molecule has 22 heavy (non-hydrogen) atoms. The van der Waals surface area contributed by atoms with E-state index in [-0.39, 0.29) is 11.1 Å². The molecule has 110 valence electrons. The minimum atomic E-state index is -0.752. The first-order chi connectivity index (χ1) is 10.5. The monoisotopic (exact) mass is 299 g/mol. The van der Waals surface area contributed by atoms with Crippen LogP contribution in [0.15, 0.2) is 52.1 Å². The van der Waals surface area contributed by atoms with Gasteiger partial charge in [-0.15, -0.1) is 0 Å². The second kappa shape index (κ2) is 4.85. The molecule has 2 aromatic carbocycles. The van der Waals surface area contributed by atoms with E-state index >= 15 is 0 Å². The smallest absolute Gasteiger partial charge is 0.333 e. The number of aromatic nitrogens is 2. The summed E-state index contributed by atoms with van der Waals surface area (Å²) in [4.78, 5) is 36.2. The van der Waals surface area contributed by atoms with Crippen LogP contribution in [0, 0.1) is 10.1 Å². The number of nitro groups is 1. The number of nitrogens with zero attached hydrogens (tertiary/aromatic N) is 2. The molecule has 0 saturated heterocycles. The zero-order chi connectivity index (χ0) is 15.9. The van der Waals surface area contributed by atoms with Crippen LogP contribution in [0.5, 0.6) is 5.75 Å². The summed E-state index contributed by atoms with van der Waals surface area (Å²) in [5.41, 5.74) is -1.30. The van der Waals surface area contributed by atoms with Gasteiger partial charge in [0.2, 0.25) is 0 Å². The van der Waals surface area contributed by atoms with Crippen molar-refractivity contribution in [1.82, 2.24) is 9.55 Å². The molecule has 1 aromatic heterocycles. The van der Waals surface area contributed by atoms with Crippen molar-refractivity contribution < 1.29 is 10.0 Å². The Labute approximate surface area is 122 Å². The number of nitrogens with one attached hydrogen (secondary N) is 1. The fourth-order valence-electron chi connectivity index (χ4n) is 2.24. The Balaban J connectivity index is 2.41. The van der Waals surface area contributed by atoms with Gasteiger partial charge in [0.15, 0.2) is 5.75 Å². The number of rotatable bonds is 2. The van der Waals surface area contributed by atoms with Gasteiger partial charge in [-0.1, -0.05) is 12.1 Å². The van der Waals surface area contributed by atoms with Crippen LogP contribution in [0.2, 0.25) is 0 Å². The molecule has 0 aliphatic carbocycles. The number of hydrogen-bond acceptors (Lipinski definition) is 5. The molecule has 8 heteroatoms. The molecule has 0 bridgehead atoms. The first-order valence-corrected chi connectivity index (χ1v) is 6.21. The van der Waals surface area contributed by atoms with Crippen LogP contribution in [0.1, 0.15) is 0 Å². The van der Waals surface area contributed by atoms with Crippen LogP contribution in [0.3, 0.4) is 0 Å². The van der Waals surface area contributed by atoms with Crippen molar-refractivity contribution >= 4 is 16.6 Å². The van der Waals surface area contributed by atoms with Crippen molar-refractivity contribution in [2.24, 2.45) is 0 Å². The predicted molar refractivity (Wildman–Crippen MR) is 78.5 cm³/mol. The van der Waals surface area contributed by atoms with Gasteiger partial charge >= 0.3 is 11.4 Å². The number of benzene rings is 2. The van der Waals surface area contributed by atoms with Gasteiger partial charge in [0, 0.05) is 6.07 Å². The Morgan fingerprint density at radius 3 is 2.59 bits per heavy atom. The maximum atomic E-state index is 12.1. The highest BCUT2D eigenvalue weighted by Gasteiger charge is 2.16. The van der Waals surface area contributed by atoms with Crippen LogP contribution in [0.4, 0.5) is 5.69 Å². The summed E-state index contributed by atoms with van der Waals surface area (Å²) in [5.74, 6) is -0.504. The Morgan fingerprint density at radius 1 is 1.14 bits per heavy atom. The van der Waals surface area contributed by atoms with E-state index in [1.54, 1.807) is 24.3 Å². The molecular formula is C14H9N3O5. The van der Waals surface area contributed by atoms with Crippen molar-refractivity contribution in [3.8, 4) is 11.4 Å². The van der Waals surface area contributed by atoms with Crippen molar-refractivity contribution in [1.29, 1.82) is 0 Å². The number of aromatic amines is 1. The minimum Gasteiger partial charge on any atom is -0.502 e. The quantitative estimate of drug-likeness (QED) is 0.546. The third-order valence-corrected chi connectivity index (χ3v) is 3.23. The molecule has 3 rings (SSSR count). The summed E-state index contributed by atoms with van der Waals surface area (Å²) >= 11 is 0. The van der Waals surface area contributed by atoms with Gasteiger partial charge in [-0.3, -0.25) is 24.5 Å². The van der Waals surface area contributed by atoms with E-state index in [4.69, 9.17) is 0 Å². The standard InChI is InChI=1S/C14H9N3O5/c18-12-6-5-8(7-11(12)17(21)22)16-10-4-2-1-3-9(10)13(19)15-14(16)20/h1-7,18H,(H,15,19,20). The number of H-pyrrole nitrogens is 1. The van der Waals surface area contributed by atoms with Gasteiger partial charge in [0.1, 0.15) is 0 Å². The Morgan fingerprint density at radius 2 is 1.86 bits per heavy atom. The lowest BCUT2D eigenvalue weighted by atomic mass is 10.2. The summed E-state index contributed by atoms with van der Waals surface area (Å²) in [6.45, 7) is 0. The first kappa shape index (κ1) is 13.6. The van der Waals surface area contributed by atoms with Crippen molar-refractivity contribution in [2.75, 3.05) is 0 Å². The molecule has 0 fully saturated rings. The maximum Gasteiger partial charge on any atom is 0.333 e. The fraction of sp³-hybridized carbons (Fsp3) is 0. The van der Waals surface area contributed by atoms with Gasteiger partial charge in [-0.05, 0) is 24.3 Å². The minimum absolute atomic E-state index is 0.168. The molecule has 0 spiro atoms. The topological polar surface area (TPSA) is 118 Å². The Hall–Kier alpha value is -3.42. The van der Waals surface area contributed by atoms with Gasteiger partial charge in [0.05, 0.1) is 21.5 Å². The Bertz CT molecular complexity index is 1020. The lowest BCUT2D eigenvalue weighted by Crippen LogP contribution is -2.29. The molecule has 0 aliphatic rings. The van der Waals surface area contributed by atoms with Gasteiger partial charge in [-0.2, -0.15) is 0 Å². The number of phenols is 1. The summed E-state index contributed by atoms with van der Waals surface area (Å²) in [7, 11) is 0. The molecule has 0 radical (unpaired) electrons. The molecule has 0 aliphatic heterocycles. The average molecular weight is 299 g/mol. The van der Waals surface area contributed by atoms with E-state index in [2.05, 4.69) is 4.98 Å². The van der Waals surface area contributed by atoms with Crippen LogP contribution < -0.4 is 11.2 Å². The summed E-state index contributed by atoms with van der Waals surface area (Å²) < 4.78 is 1.14. The first-order valence-electron chi connectivity index (χ1n) is 6.21. The third-order valence-electron chi connectivity index (χ3n) is 3.23. The van der Waals surface area contributed by atoms with Gasteiger partial charge < -0.3 is 5.11 Å². The number of nitro benzene ring substituents is 1. The van der Waals surface area contributed by atoms with E-state index in [0.717, 1.165) is 16.7 Å². The lowest BCUT2D eigenvalue weighted by molar-refractivity contribution is -0.385. The average Bonchev–Trinajstić information content (AvgIpc) is 2.48. The molecule has 0 amide bonds. The third kappa shape index (κ3) is 2.03. The lowest BCUT2D eigenvalue weighted by Gasteiger charge is -2.09. The molecular weight excluding hydrogens is 290 g/mol. The maximum absolute atomic E-state index is 12.1. The van der Waals surface area contributed by atoms with E-state index in [1.165, 1.54) is 6.07 Å². The normalized spacial score (nSPS) is 10.7. The highest BCUT2D eigenvalue weighted by molar-refractivity contribution is 5.79. The second-order valence-corrected chi connectivity index (χ2v) is 4.54. The molecule has 1 heterocycles. The zero-order valence-corrected chi connectivity index (χ0v) is 11.0. The van der Waals surface area contributed by atoms with E-state index in [1.807, 2.05) is 0 Å². The molecule has 0 unspecified atom stereocenters. The summed E-state index contributed by atoms with van der Waals surface area (Å²) in [5, 5.41) is 20.7. The Kier molecular flexibility index (Phi) is 2.99. The van der Waals surface area contributed by atoms with E-state index in [0.29, 0.717) is 5.52 Å². The summed E-state index contributed by atoms with van der Waals surface area (Å²) in [6, 6.07) is 9.94. The van der Waals surface area contributed by atoms with Crippen LogP contribution in [0.25, 0.3) is 16.6 Å². The zero-order valence-electron chi connectivity index (χ0n) is 11.0. The number of phenolic OH excluding ortho intramolecular Hbond substituents is 1. The molecule has 2 N–H and O–H groups in total. The number of para-hydroxylation sites is 1. The van der Waals surface area contributed by atoms with Gasteiger partial charge in [-0.25, -0.2) is 4.79 Å². The van der Waals surface area contributed by atoms with Crippen LogP contribution in [-0.2, 0) is 0 Å². The fourth-order valence-corrected chi connectivity index (χ4v) is 2.24. The SMILES string of the molecule is O=c1[nH]c(=O)n(-c2ccc(O)c([N+](=O)[O-])c2)c2ccccc12. The van der Waals surface area contributed by atoms with E-state index in [9.17, 15) is 24.8 Å². The molecule has 0 atom stereocenters. The largest absolute Gasteiger partial charge is 0.502 e. The number of aromatic hydroxyl groups is 1. The predicted octanol–water partition coefficient (Wildman–Crippen LogP) is 1.29. The van der Waals surface area contributed by atoms with Crippen molar-refractivity contribution in [3.63, 3.8) is 0 Å². The number of hydrogen-bond donors (Lipinski definition) is 2. The van der Waals surface area contributed by atoms with E-state index < -0.39 is 27.6 Å². The highest BCUT2D eigenvalue weighted by Crippen LogP contribution is 2.28. The van der Waals surface area contributed by atoms with Gasteiger partial charge in [0.25, 0.3) is 5.56 Å². The highest BCUT2D eigenvalue weighted by atomic mass is 16.6. The van der Waals surface area contributed by atoms with Crippen LogP contribution >= 0.6 is 0 Å². The van der Waals surface area contributed by atoms with Crippen molar-refractivity contribution in [3.05, 3.63) is 73.4 Å².